The Labute approximate surface area is 87.8 Å². The number of fused-ring (bicyclic) bond motifs is 1. The van der Waals surface area contributed by atoms with Crippen LogP contribution in [0, 0.1) is 0 Å². The van der Waals surface area contributed by atoms with Crippen molar-refractivity contribution in [3.8, 4) is 0 Å². The number of nitrogens with zero attached hydrogens (tertiary/aromatic N) is 1. The molecule has 76 valence electrons. The van der Waals surface area contributed by atoms with Crippen molar-refractivity contribution >= 4 is 10.8 Å². The van der Waals surface area contributed by atoms with E-state index in [0.717, 1.165) is 16.3 Å². The molecular formula is C12H12N2O. The Morgan fingerprint density at radius 3 is 2.73 bits per heavy atom. The van der Waals surface area contributed by atoms with Crippen molar-refractivity contribution < 1.29 is 5.11 Å². The van der Waals surface area contributed by atoms with Gasteiger partial charge in [0, 0.05) is 36.4 Å². The molecule has 0 unspecified atom stereocenters. The van der Waals surface area contributed by atoms with Crippen molar-refractivity contribution in [3.63, 3.8) is 0 Å². The van der Waals surface area contributed by atoms with Crippen LogP contribution >= 0.6 is 0 Å². The number of pyridine rings is 1. The molecule has 2 N–H and O–H groups in total. The molecular weight excluding hydrogens is 188 g/mol. The first-order valence-electron chi connectivity index (χ1n) is 5.06. The Hall–Kier alpha value is -1.45. The summed E-state index contributed by atoms with van der Waals surface area (Å²) >= 11 is 0. The number of aromatic nitrogens is 1. The number of aliphatic hydroxyl groups is 1. The highest BCUT2D eigenvalue weighted by Crippen LogP contribution is 2.30. The summed E-state index contributed by atoms with van der Waals surface area (Å²) in [5, 5.41) is 15.5. The van der Waals surface area contributed by atoms with Crippen molar-refractivity contribution in [2.75, 3.05) is 13.1 Å². The Kier molecular flexibility index (Phi) is 1.78. The molecule has 1 fully saturated rings. The summed E-state index contributed by atoms with van der Waals surface area (Å²) in [6.45, 7) is 1.23. The largest absolute Gasteiger partial charge is 0.382 e. The Morgan fingerprint density at radius 1 is 1.20 bits per heavy atom. The van der Waals surface area contributed by atoms with Gasteiger partial charge in [-0.1, -0.05) is 24.3 Å². The van der Waals surface area contributed by atoms with Gasteiger partial charge in [-0.25, -0.2) is 0 Å². The fourth-order valence-electron chi connectivity index (χ4n) is 2.04. The zero-order valence-electron chi connectivity index (χ0n) is 8.27. The van der Waals surface area contributed by atoms with E-state index in [9.17, 15) is 5.11 Å². The maximum atomic E-state index is 10.3. The maximum absolute atomic E-state index is 10.3. The van der Waals surface area contributed by atoms with Gasteiger partial charge in [0.05, 0.1) is 0 Å². The number of benzene rings is 1. The molecule has 0 atom stereocenters. The summed E-state index contributed by atoms with van der Waals surface area (Å²) in [6, 6.07) is 8.02. The first-order valence-corrected chi connectivity index (χ1v) is 5.06. The highest BCUT2D eigenvalue weighted by Gasteiger charge is 2.37. The van der Waals surface area contributed by atoms with E-state index in [1.165, 1.54) is 0 Å². The molecule has 3 nitrogen and oxygen atoms in total. The van der Waals surface area contributed by atoms with E-state index >= 15 is 0 Å². The number of hydrogen-bond donors (Lipinski definition) is 2. The van der Waals surface area contributed by atoms with Crippen LogP contribution in [0.15, 0.2) is 36.7 Å². The van der Waals surface area contributed by atoms with E-state index in [2.05, 4.69) is 10.3 Å². The predicted octanol–water partition coefficient (Wildman–Crippen LogP) is 1.03. The van der Waals surface area contributed by atoms with Gasteiger partial charge in [0.25, 0.3) is 0 Å². The molecule has 2 aromatic rings. The maximum Gasteiger partial charge on any atom is 0.116 e. The zero-order chi connectivity index (χ0) is 10.3. The fraction of sp³-hybridized carbons (Fsp3) is 0.250. The van der Waals surface area contributed by atoms with Gasteiger partial charge in [-0.05, 0) is 5.39 Å². The molecule has 1 aromatic carbocycles. The van der Waals surface area contributed by atoms with Gasteiger partial charge in [-0.15, -0.1) is 0 Å². The Morgan fingerprint density at radius 2 is 2.00 bits per heavy atom. The van der Waals surface area contributed by atoms with E-state index in [1.807, 2.05) is 30.5 Å². The molecule has 3 rings (SSSR count). The van der Waals surface area contributed by atoms with Gasteiger partial charge in [-0.3, -0.25) is 4.98 Å². The smallest absolute Gasteiger partial charge is 0.116 e. The summed E-state index contributed by atoms with van der Waals surface area (Å²) in [5.41, 5.74) is 0.202. The first kappa shape index (κ1) is 8.83. The minimum absolute atomic E-state index is 0.614. The van der Waals surface area contributed by atoms with Crippen molar-refractivity contribution in [1.82, 2.24) is 10.3 Å². The quantitative estimate of drug-likeness (QED) is 0.722. The zero-order valence-corrected chi connectivity index (χ0v) is 8.27. The summed E-state index contributed by atoms with van der Waals surface area (Å²) in [5.74, 6) is 0. The highest BCUT2D eigenvalue weighted by molar-refractivity contribution is 5.85. The van der Waals surface area contributed by atoms with Crippen LogP contribution in [0.25, 0.3) is 10.8 Å². The Bertz CT molecular complexity index is 500. The minimum Gasteiger partial charge on any atom is -0.382 e. The first-order chi connectivity index (χ1) is 7.30. The lowest BCUT2D eigenvalue weighted by Gasteiger charge is -2.38. The lowest BCUT2D eigenvalue weighted by atomic mass is 9.86. The van der Waals surface area contributed by atoms with E-state index < -0.39 is 5.60 Å². The number of β-amino-alcohol motifs (C(OH)–C–C–N with tert-alkyl or cyclic N) is 1. The second-order valence-electron chi connectivity index (χ2n) is 4.04. The van der Waals surface area contributed by atoms with Crippen LogP contribution < -0.4 is 5.32 Å². The van der Waals surface area contributed by atoms with Crippen LogP contribution in [0.2, 0.25) is 0 Å². The second-order valence-corrected chi connectivity index (χ2v) is 4.04. The van der Waals surface area contributed by atoms with Crippen LogP contribution in [0.5, 0.6) is 0 Å². The molecule has 1 aliphatic rings. The highest BCUT2D eigenvalue weighted by atomic mass is 16.3. The van der Waals surface area contributed by atoms with Crippen LogP contribution in [-0.2, 0) is 5.60 Å². The van der Waals surface area contributed by atoms with Crippen LogP contribution in [0.1, 0.15) is 5.56 Å². The SMILES string of the molecule is OC1(c2cncc3ccccc23)CNC1. The average molecular weight is 200 g/mol. The molecule has 1 aromatic heterocycles. The molecule has 0 amide bonds. The van der Waals surface area contributed by atoms with Gasteiger partial charge < -0.3 is 10.4 Å². The third-order valence-electron chi connectivity index (χ3n) is 3.00. The van der Waals surface area contributed by atoms with E-state index in [4.69, 9.17) is 0 Å². The van der Waals surface area contributed by atoms with Gasteiger partial charge in [-0.2, -0.15) is 0 Å². The third kappa shape index (κ3) is 1.24. The molecule has 0 radical (unpaired) electrons. The van der Waals surface area contributed by atoms with E-state index in [0.29, 0.717) is 13.1 Å². The van der Waals surface area contributed by atoms with E-state index in [-0.39, 0.29) is 0 Å². The monoisotopic (exact) mass is 200 g/mol. The van der Waals surface area contributed by atoms with Gasteiger partial charge in [0.15, 0.2) is 0 Å². The summed E-state index contributed by atoms with van der Waals surface area (Å²) in [6.07, 6.45) is 3.59. The van der Waals surface area contributed by atoms with E-state index in [1.54, 1.807) is 6.20 Å². The molecule has 1 aliphatic heterocycles. The lowest BCUT2D eigenvalue weighted by Crippen LogP contribution is -2.56. The fourth-order valence-corrected chi connectivity index (χ4v) is 2.04. The van der Waals surface area contributed by atoms with Crippen LogP contribution in [0.4, 0.5) is 0 Å². The van der Waals surface area contributed by atoms with Crippen molar-refractivity contribution in [2.24, 2.45) is 0 Å². The summed E-state index contributed by atoms with van der Waals surface area (Å²) in [7, 11) is 0. The third-order valence-corrected chi connectivity index (χ3v) is 3.00. The molecule has 0 saturated carbocycles. The molecule has 0 bridgehead atoms. The molecule has 0 spiro atoms. The van der Waals surface area contributed by atoms with Gasteiger partial charge in [0.1, 0.15) is 5.60 Å². The van der Waals surface area contributed by atoms with Crippen molar-refractivity contribution in [3.05, 3.63) is 42.2 Å². The molecule has 2 heterocycles. The van der Waals surface area contributed by atoms with Gasteiger partial charge in [0.2, 0.25) is 0 Å². The van der Waals surface area contributed by atoms with Crippen molar-refractivity contribution in [1.29, 1.82) is 0 Å². The molecule has 1 saturated heterocycles. The minimum atomic E-state index is -0.728. The molecule has 0 aliphatic carbocycles. The van der Waals surface area contributed by atoms with Crippen LogP contribution in [0.3, 0.4) is 0 Å². The summed E-state index contributed by atoms with van der Waals surface area (Å²) < 4.78 is 0. The Balaban J connectivity index is 2.26. The normalized spacial score (nSPS) is 18.7. The van der Waals surface area contributed by atoms with Crippen molar-refractivity contribution in [2.45, 2.75) is 5.60 Å². The number of rotatable bonds is 1. The second kappa shape index (κ2) is 3.02. The molecule has 3 heteroatoms. The predicted molar refractivity (Wildman–Crippen MR) is 58.5 cm³/mol. The topological polar surface area (TPSA) is 45.2 Å². The number of nitrogens with one attached hydrogen (secondary N) is 1. The standard InChI is InChI=1S/C12H12N2O/c15-12(7-14-8-12)11-6-13-5-9-3-1-2-4-10(9)11/h1-6,14-15H,7-8H2. The molecule has 15 heavy (non-hydrogen) atoms. The number of hydrogen-bond acceptors (Lipinski definition) is 3. The van der Waals surface area contributed by atoms with Crippen LogP contribution in [-0.4, -0.2) is 23.2 Å². The lowest BCUT2D eigenvalue weighted by molar-refractivity contribution is -0.0135. The van der Waals surface area contributed by atoms with Gasteiger partial charge >= 0.3 is 0 Å². The summed E-state index contributed by atoms with van der Waals surface area (Å²) in [4.78, 5) is 4.17. The average Bonchev–Trinajstić information content (AvgIpc) is 2.25.